The van der Waals surface area contributed by atoms with Gasteiger partial charge >= 0.3 is 0 Å². The summed E-state index contributed by atoms with van der Waals surface area (Å²) in [5.41, 5.74) is 0.898. The van der Waals surface area contributed by atoms with Gasteiger partial charge in [-0.05, 0) is 6.42 Å². The second-order valence-electron chi connectivity index (χ2n) is 2.27. The summed E-state index contributed by atoms with van der Waals surface area (Å²) in [6.45, 7) is 2.24. The molecule has 3 atom stereocenters. The summed E-state index contributed by atoms with van der Waals surface area (Å²) in [6.07, 6.45) is 1.34. The lowest BCUT2D eigenvalue weighted by molar-refractivity contribution is 1.01. The fourth-order valence-electron chi connectivity index (χ4n) is 0.551. The largest absolute Gasteiger partial charge is 0.124 e. The Morgan fingerprint density at radius 2 is 2.38 bits per heavy atom. The van der Waals surface area contributed by atoms with Crippen molar-refractivity contribution in [1.82, 2.24) is 0 Å². The third-order valence-electron chi connectivity index (χ3n) is 1.32. The molecule has 0 amide bonds. The Morgan fingerprint density at radius 1 is 1.88 bits per heavy atom. The molecule has 0 radical (unpaired) electrons. The lowest BCUT2D eigenvalue weighted by Gasteiger charge is -2.07. The number of hydrogen-bond acceptors (Lipinski definition) is 0. The summed E-state index contributed by atoms with van der Waals surface area (Å²) in [5, 5.41) is 0. The van der Waals surface area contributed by atoms with Crippen LogP contribution in [0.3, 0.4) is 0 Å². The molecule has 0 aliphatic heterocycles. The van der Waals surface area contributed by atoms with Crippen molar-refractivity contribution < 1.29 is 0 Å². The first kappa shape index (κ1) is 9.29. The van der Waals surface area contributed by atoms with E-state index >= 15 is 0 Å². The van der Waals surface area contributed by atoms with Crippen LogP contribution in [0.4, 0.5) is 0 Å². The SMILES string of the molecule is B[C@@H](BC)C[C@@H](P)I. The summed E-state index contributed by atoms with van der Waals surface area (Å²) < 4.78 is 0.766. The number of rotatable bonds is 3. The van der Waals surface area contributed by atoms with Gasteiger partial charge in [-0.15, -0.1) is 9.24 Å². The molecular weight excluding hydrogens is 228 g/mol. The smallest absolute Gasteiger partial charge is 0.112 e. The van der Waals surface area contributed by atoms with Gasteiger partial charge in [-0.2, -0.15) is 0 Å². The number of hydrogen-bond donors (Lipinski definition) is 0. The monoisotopic (exact) mass is 240 g/mol. The predicted molar refractivity (Wildman–Crippen MR) is 57.4 cm³/mol. The van der Waals surface area contributed by atoms with Crippen molar-refractivity contribution in [1.29, 1.82) is 0 Å². The molecule has 0 aromatic heterocycles. The van der Waals surface area contributed by atoms with Crippen LogP contribution in [0.2, 0.25) is 12.5 Å². The molecule has 0 saturated carbocycles. The van der Waals surface area contributed by atoms with E-state index in [1.54, 1.807) is 0 Å². The Balaban J connectivity index is 3.10. The fourth-order valence-corrected chi connectivity index (χ4v) is 1.88. The quantitative estimate of drug-likeness (QED) is 0.297. The average Bonchev–Trinajstić information content (AvgIpc) is 1.65. The lowest BCUT2D eigenvalue weighted by Crippen LogP contribution is -2.02. The van der Waals surface area contributed by atoms with Crippen molar-refractivity contribution in [3.05, 3.63) is 0 Å². The van der Waals surface area contributed by atoms with Crippen molar-refractivity contribution in [2.45, 2.75) is 22.6 Å². The van der Waals surface area contributed by atoms with Crippen LogP contribution in [0.15, 0.2) is 0 Å². The summed E-state index contributed by atoms with van der Waals surface area (Å²) in [4.78, 5) is 0. The Hall–Kier alpha value is 1.29. The Labute approximate surface area is 69.6 Å². The van der Waals surface area contributed by atoms with Crippen LogP contribution in [0.25, 0.3) is 0 Å². The van der Waals surface area contributed by atoms with Crippen LogP contribution in [0, 0.1) is 0 Å². The van der Waals surface area contributed by atoms with Gasteiger partial charge in [0.1, 0.15) is 7.28 Å². The van der Waals surface area contributed by atoms with Gasteiger partial charge in [0.2, 0.25) is 0 Å². The number of alkyl halides is 1. The van der Waals surface area contributed by atoms with Crippen molar-refractivity contribution in [2.24, 2.45) is 0 Å². The summed E-state index contributed by atoms with van der Waals surface area (Å²) in [7, 11) is 6.43. The van der Waals surface area contributed by atoms with E-state index < -0.39 is 0 Å². The Kier molecular flexibility index (Phi) is 5.93. The van der Waals surface area contributed by atoms with E-state index in [2.05, 4.69) is 46.5 Å². The Bertz CT molecular complexity index is 60.0. The van der Waals surface area contributed by atoms with E-state index in [4.69, 9.17) is 0 Å². The van der Waals surface area contributed by atoms with Gasteiger partial charge in [0.25, 0.3) is 0 Å². The fraction of sp³-hybridized carbons (Fsp3) is 1.00. The maximum Gasteiger partial charge on any atom is 0.112 e. The third kappa shape index (κ3) is 5.43. The van der Waals surface area contributed by atoms with Crippen LogP contribution < -0.4 is 0 Å². The second-order valence-corrected chi connectivity index (χ2v) is 6.03. The molecule has 4 heteroatoms. The highest BCUT2D eigenvalue weighted by atomic mass is 127. The minimum absolute atomic E-state index is 0.766. The minimum Gasteiger partial charge on any atom is -0.124 e. The van der Waals surface area contributed by atoms with Crippen LogP contribution in [-0.2, 0) is 0 Å². The minimum atomic E-state index is 0.766. The molecule has 1 unspecified atom stereocenters. The topological polar surface area (TPSA) is 0 Å². The highest BCUT2D eigenvalue weighted by Gasteiger charge is 2.02. The van der Waals surface area contributed by atoms with E-state index in [9.17, 15) is 0 Å². The van der Waals surface area contributed by atoms with Crippen molar-refractivity contribution >= 4 is 47.0 Å². The molecule has 46 valence electrons. The van der Waals surface area contributed by atoms with Crippen molar-refractivity contribution in [3.8, 4) is 0 Å². The average molecular weight is 240 g/mol. The summed E-state index contributed by atoms with van der Waals surface area (Å²) in [5.74, 6) is 0. The summed E-state index contributed by atoms with van der Waals surface area (Å²) >= 11 is 2.44. The van der Waals surface area contributed by atoms with E-state index in [0.29, 0.717) is 0 Å². The molecule has 0 aliphatic rings. The highest BCUT2D eigenvalue weighted by molar-refractivity contribution is 14.1. The maximum absolute atomic E-state index is 2.82. The molecule has 0 fully saturated rings. The zero-order valence-electron chi connectivity index (χ0n) is 5.52. The molecular formula is C4H12B2IP. The van der Waals surface area contributed by atoms with Crippen molar-refractivity contribution in [2.75, 3.05) is 0 Å². The molecule has 0 N–H and O–H groups in total. The second kappa shape index (κ2) is 5.10. The Morgan fingerprint density at radius 3 is 2.50 bits per heavy atom. The molecule has 0 aromatic rings. The predicted octanol–water partition coefficient (Wildman–Crippen LogP) is 0.876. The van der Waals surface area contributed by atoms with Gasteiger partial charge < -0.3 is 0 Å². The van der Waals surface area contributed by atoms with Crippen LogP contribution in [0.5, 0.6) is 0 Å². The van der Waals surface area contributed by atoms with Crippen molar-refractivity contribution in [3.63, 3.8) is 0 Å². The highest BCUT2D eigenvalue weighted by Crippen LogP contribution is 2.19. The van der Waals surface area contributed by atoms with Crippen LogP contribution in [-0.4, -0.2) is 18.8 Å². The van der Waals surface area contributed by atoms with Gasteiger partial charge in [-0.1, -0.05) is 35.1 Å². The molecule has 8 heavy (non-hydrogen) atoms. The molecule has 0 nitrogen and oxygen atoms in total. The normalized spacial score (nSPS) is 17.4. The van der Waals surface area contributed by atoms with E-state index in [1.165, 1.54) is 13.7 Å². The first-order chi connectivity index (χ1) is 3.66. The summed E-state index contributed by atoms with van der Waals surface area (Å²) in [6, 6.07) is 0. The molecule has 0 bridgehead atoms. The third-order valence-corrected chi connectivity index (χ3v) is 2.11. The first-order valence-corrected chi connectivity index (χ1v) is 4.97. The van der Waals surface area contributed by atoms with Gasteiger partial charge in [0, 0.05) is 3.67 Å². The molecule has 0 saturated heterocycles. The lowest BCUT2D eigenvalue weighted by atomic mass is 9.55. The van der Waals surface area contributed by atoms with Gasteiger partial charge in [0.15, 0.2) is 0 Å². The van der Waals surface area contributed by atoms with Crippen LogP contribution in [0.1, 0.15) is 6.42 Å². The maximum atomic E-state index is 2.82. The van der Waals surface area contributed by atoms with E-state index in [0.717, 1.165) is 9.38 Å². The molecule has 0 rings (SSSR count). The van der Waals surface area contributed by atoms with Gasteiger partial charge in [0.05, 0.1) is 7.85 Å². The molecule has 0 spiro atoms. The molecule has 0 aromatic carbocycles. The first-order valence-electron chi connectivity index (χ1n) is 3.06. The van der Waals surface area contributed by atoms with E-state index in [-0.39, 0.29) is 0 Å². The standard InChI is InChI=1S/C4H12B2IP/c1-6-3(5)2-4(7)8/h3-4,6H,2,5,8H2,1H3/t3-,4+/m0/s1. The molecule has 0 heterocycles. The molecule has 0 aliphatic carbocycles. The zero-order chi connectivity index (χ0) is 6.57. The number of halogens is 1. The zero-order valence-corrected chi connectivity index (χ0v) is 8.84. The van der Waals surface area contributed by atoms with Gasteiger partial charge in [-0.25, -0.2) is 0 Å². The van der Waals surface area contributed by atoms with Gasteiger partial charge in [-0.3, -0.25) is 0 Å². The van der Waals surface area contributed by atoms with E-state index in [1.807, 2.05) is 0 Å². The van der Waals surface area contributed by atoms with Crippen LogP contribution >= 0.6 is 31.8 Å².